The predicted octanol–water partition coefficient (Wildman–Crippen LogP) is 5.22. The summed E-state index contributed by atoms with van der Waals surface area (Å²) in [7, 11) is 0. The van der Waals surface area contributed by atoms with Gasteiger partial charge in [-0.1, -0.05) is 58.7 Å². The van der Waals surface area contributed by atoms with Crippen molar-refractivity contribution < 1.29 is 9.53 Å². The summed E-state index contributed by atoms with van der Waals surface area (Å²) in [6, 6.07) is 14.3. The fourth-order valence-electron chi connectivity index (χ4n) is 3.08. The van der Waals surface area contributed by atoms with Crippen LogP contribution in [0.2, 0.25) is 10.0 Å². The van der Waals surface area contributed by atoms with Gasteiger partial charge in [0.25, 0.3) is 5.91 Å². The minimum Gasteiger partial charge on any atom is -0.474 e. The van der Waals surface area contributed by atoms with Crippen molar-refractivity contribution in [1.29, 1.82) is 0 Å². The third-order valence-corrected chi connectivity index (χ3v) is 5.06. The van der Waals surface area contributed by atoms with Crippen molar-refractivity contribution in [1.82, 2.24) is 4.90 Å². The van der Waals surface area contributed by atoms with Gasteiger partial charge in [-0.3, -0.25) is 9.69 Å². The van der Waals surface area contributed by atoms with E-state index in [1.54, 1.807) is 35.2 Å². The summed E-state index contributed by atoms with van der Waals surface area (Å²) >= 11 is 12.3. The van der Waals surface area contributed by atoms with Crippen LogP contribution < -0.4 is 0 Å². The number of ether oxygens (including phenoxy) is 1. The Kier molecular flexibility index (Phi) is 5.53. The Morgan fingerprint density at radius 2 is 1.74 bits per heavy atom. The van der Waals surface area contributed by atoms with Crippen molar-refractivity contribution in [3.63, 3.8) is 0 Å². The molecule has 0 fully saturated rings. The van der Waals surface area contributed by atoms with E-state index in [1.807, 2.05) is 32.0 Å². The lowest BCUT2D eigenvalue weighted by Crippen LogP contribution is -2.49. The third-order valence-electron chi connectivity index (χ3n) is 4.62. The van der Waals surface area contributed by atoms with Crippen molar-refractivity contribution >= 4 is 34.7 Å². The van der Waals surface area contributed by atoms with E-state index in [9.17, 15) is 9.70 Å². The first kappa shape index (κ1) is 19.4. The molecule has 1 amide bonds. The molecule has 7 heteroatoms. The zero-order valence-electron chi connectivity index (χ0n) is 14.9. The average Bonchev–Trinajstić information content (AvgIpc) is 2.62. The van der Waals surface area contributed by atoms with Crippen molar-refractivity contribution in [3.8, 4) is 0 Å². The Hall–Kier alpha value is -2.37. The number of halogens is 2. The Balaban J connectivity index is 2.06. The maximum atomic E-state index is 13.4. The highest BCUT2D eigenvalue weighted by molar-refractivity contribution is 6.34. The fourth-order valence-corrected chi connectivity index (χ4v) is 3.60. The number of rotatable bonds is 5. The van der Waals surface area contributed by atoms with E-state index in [-0.39, 0.29) is 24.9 Å². The standard InChI is InChI=1S/C20H18Cl2N2O3/c1-20(2,14-8-15(21)10-16(22)9-14)24-12-27-17(11-23-26)18(19(24)25)13-6-4-3-5-7-13/h3-10H,11-12H2,1-2H3. The Labute approximate surface area is 167 Å². The van der Waals surface area contributed by atoms with Crippen LogP contribution in [-0.2, 0) is 15.1 Å². The third kappa shape index (κ3) is 3.84. The summed E-state index contributed by atoms with van der Waals surface area (Å²) in [6.07, 6.45) is 0. The smallest absolute Gasteiger partial charge is 0.261 e. The quantitative estimate of drug-likeness (QED) is 0.641. The van der Waals surface area contributed by atoms with Gasteiger partial charge in [0.15, 0.2) is 6.73 Å². The molecule has 3 rings (SSSR count). The number of carbonyl (C=O) groups excluding carboxylic acids is 1. The Morgan fingerprint density at radius 3 is 2.33 bits per heavy atom. The molecule has 1 aliphatic rings. The van der Waals surface area contributed by atoms with Crippen LogP contribution >= 0.6 is 23.2 Å². The van der Waals surface area contributed by atoms with Gasteiger partial charge in [0.1, 0.15) is 12.3 Å². The predicted molar refractivity (Wildman–Crippen MR) is 106 cm³/mol. The van der Waals surface area contributed by atoms with Gasteiger partial charge >= 0.3 is 0 Å². The summed E-state index contributed by atoms with van der Waals surface area (Å²) in [5.74, 6) is 0.0320. The molecule has 0 saturated carbocycles. The molecule has 0 saturated heterocycles. The van der Waals surface area contributed by atoms with E-state index < -0.39 is 5.54 Å². The number of amides is 1. The molecule has 0 bridgehead atoms. The minimum atomic E-state index is -0.744. The van der Waals surface area contributed by atoms with Crippen molar-refractivity contribution in [2.24, 2.45) is 5.18 Å². The monoisotopic (exact) mass is 404 g/mol. The van der Waals surface area contributed by atoms with Gasteiger partial charge in [-0.05, 0) is 43.2 Å². The highest BCUT2D eigenvalue weighted by Gasteiger charge is 2.39. The average molecular weight is 405 g/mol. The van der Waals surface area contributed by atoms with Gasteiger partial charge in [0.05, 0.1) is 11.1 Å². The topological polar surface area (TPSA) is 59.0 Å². The molecule has 0 radical (unpaired) electrons. The summed E-state index contributed by atoms with van der Waals surface area (Å²) in [4.78, 5) is 25.8. The lowest BCUT2D eigenvalue weighted by molar-refractivity contribution is -0.139. The molecule has 0 aromatic heterocycles. The Bertz CT molecular complexity index is 890. The molecule has 5 nitrogen and oxygen atoms in total. The van der Waals surface area contributed by atoms with Crippen LogP contribution in [0.1, 0.15) is 25.0 Å². The summed E-state index contributed by atoms with van der Waals surface area (Å²) in [5.41, 5.74) is 1.04. The van der Waals surface area contributed by atoms with Crippen molar-refractivity contribution in [3.05, 3.63) is 80.4 Å². The normalized spacial score (nSPS) is 15.0. The van der Waals surface area contributed by atoms with Gasteiger partial charge < -0.3 is 4.74 Å². The number of nitroso groups, excluding NO2 is 1. The number of hydrogen-bond acceptors (Lipinski definition) is 4. The van der Waals surface area contributed by atoms with Crippen LogP contribution in [0.25, 0.3) is 5.57 Å². The van der Waals surface area contributed by atoms with E-state index >= 15 is 0 Å². The first-order valence-electron chi connectivity index (χ1n) is 8.33. The van der Waals surface area contributed by atoms with E-state index in [1.165, 1.54) is 0 Å². The van der Waals surface area contributed by atoms with E-state index in [0.717, 1.165) is 5.56 Å². The molecule has 2 aromatic rings. The highest BCUT2D eigenvalue weighted by Crippen LogP contribution is 2.37. The molecule has 0 unspecified atom stereocenters. The Morgan fingerprint density at radius 1 is 1.11 bits per heavy atom. The molecular formula is C20H18Cl2N2O3. The maximum absolute atomic E-state index is 13.4. The van der Waals surface area contributed by atoms with Crippen LogP contribution in [0.3, 0.4) is 0 Å². The number of benzene rings is 2. The van der Waals surface area contributed by atoms with E-state index in [4.69, 9.17) is 27.9 Å². The van der Waals surface area contributed by atoms with Gasteiger partial charge in [-0.15, -0.1) is 0 Å². The second kappa shape index (κ2) is 7.71. The van der Waals surface area contributed by atoms with E-state index in [2.05, 4.69) is 5.18 Å². The first-order chi connectivity index (χ1) is 12.8. The van der Waals surface area contributed by atoms with Crippen LogP contribution in [0.5, 0.6) is 0 Å². The number of nitrogens with zero attached hydrogens (tertiary/aromatic N) is 2. The van der Waals surface area contributed by atoms with Crippen LogP contribution in [0.15, 0.2) is 59.5 Å². The summed E-state index contributed by atoms with van der Waals surface area (Å²) in [6.45, 7) is 3.58. The minimum absolute atomic E-state index is 0.00282. The van der Waals surface area contributed by atoms with Crippen LogP contribution in [0.4, 0.5) is 0 Å². The second-order valence-electron chi connectivity index (χ2n) is 6.68. The molecular weight excluding hydrogens is 387 g/mol. The second-order valence-corrected chi connectivity index (χ2v) is 7.55. The molecule has 140 valence electrons. The summed E-state index contributed by atoms with van der Waals surface area (Å²) in [5, 5.41) is 3.87. The SMILES string of the molecule is CC(C)(c1cc(Cl)cc(Cl)c1)N1COC(CN=O)=C(c2ccccc2)C1=O. The summed E-state index contributed by atoms with van der Waals surface area (Å²) < 4.78 is 5.76. The molecule has 2 aromatic carbocycles. The van der Waals surface area contributed by atoms with Crippen molar-refractivity contribution in [2.45, 2.75) is 19.4 Å². The lowest BCUT2D eigenvalue weighted by Gasteiger charge is -2.42. The van der Waals surface area contributed by atoms with Crippen LogP contribution in [-0.4, -0.2) is 24.1 Å². The van der Waals surface area contributed by atoms with Crippen molar-refractivity contribution in [2.75, 3.05) is 13.3 Å². The zero-order chi connectivity index (χ0) is 19.6. The molecule has 1 aliphatic heterocycles. The first-order valence-corrected chi connectivity index (χ1v) is 9.09. The van der Waals surface area contributed by atoms with Gasteiger partial charge in [-0.25, -0.2) is 0 Å². The lowest BCUT2D eigenvalue weighted by atomic mass is 9.90. The van der Waals surface area contributed by atoms with Gasteiger partial charge in [0.2, 0.25) is 0 Å². The molecule has 1 heterocycles. The molecule has 0 aliphatic carbocycles. The highest BCUT2D eigenvalue weighted by atomic mass is 35.5. The van der Waals surface area contributed by atoms with Gasteiger partial charge in [0, 0.05) is 10.0 Å². The maximum Gasteiger partial charge on any atom is 0.261 e. The molecule has 27 heavy (non-hydrogen) atoms. The zero-order valence-corrected chi connectivity index (χ0v) is 16.4. The molecule has 0 N–H and O–H groups in total. The van der Waals surface area contributed by atoms with E-state index in [0.29, 0.717) is 21.2 Å². The number of carbonyl (C=O) groups is 1. The molecule has 0 spiro atoms. The van der Waals surface area contributed by atoms with Gasteiger partial charge in [-0.2, -0.15) is 4.91 Å². The largest absolute Gasteiger partial charge is 0.474 e. The van der Waals surface area contributed by atoms with Crippen LogP contribution in [0, 0.1) is 4.91 Å². The number of hydrogen-bond donors (Lipinski definition) is 0. The molecule has 0 atom stereocenters. The fraction of sp³-hybridized carbons (Fsp3) is 0.250.